The number of rotatable bonds is 11. The molecule has 0 saturated carbocycles. The third-order valence-electron chi connectivity index (χ3n) is 6.26. The van der Waals surface area contributed by atoms with Crippen molar-refractivity contribution in [3.8, 4) is 11.1 Å². The molecule has 2 aromatic carbocycles. The van der Waals surface area contributed by atoms with Crippen molar-refractivity contribution in [1.82, 2.24) is 10.2 Å². The van der Waals surface area contributed by atoms with Crippen LogP contribution in [0.1, 0.15) is 57.1 Å². The fourth-order valence-corrected chi connectivity index (χ4v) is 4.48. The van der Waals surface area contributed by atoms with Gasteiger partial charge in [-0.3, -0.25) is 0 Å². The normalized spacial score (nSPS) is 13.7. The Bertz CT molecular complexity index is 882. The summed E-state index contributed by atoms with van der Waals surface area (Å²) in [6.07, 6.45) is 1.32. The fraction of sp³-hybridized carbons (Fsp3) is 0.462. The van der Waals surface area contributed by atoms with Crippen LogP contribution in [0.2, 0.25) is 0 Å². The van der Waals surface area contributed by atoms with Gasteiger partial charge in [-0.15, -0.1) is 0 Å². The molecule has 0 saturated heterocycles. The number of fused-ring (bicyclic) bond motifs is 3. The molecule has 0 fully saturated rings. The second-order valence-corrected chi connectivity index (χ2v) is 8.58. The van der Waals surface area contributed by atoms with Crippen LogP contribution >= 0.6 is 0 Å². The lowest BCUT2D eigenvalue weighted by molar-refractivity contribution is -0.139. The lowest BCUT2D eigenvalue weighted by Crippen LogP contribution is -2.41. The van der Waals surface area contributed by atoms with Crippen molar-refractivity contribution in [2.24, 2.45) is 0 Å². The summed E-state index contributed by atoms with van der Waals surface area (Å²) in [6.45, 7) is 8.50. The van der Waals surface area contributed by atoms with E-state index in [-0.39, 0.29) is 12.5 Å². The van der Waals surface area contributed by atoms with Crippen LogP contribution in [-0.2, 0) is 9.53 Å². The van der Waals surface area contributed by atoms with Crippen LogP contribution in [0.4, 0.5) is 4.79 Å². The molecule has 0 radical (unpaired) electrons. The summed E-state index contributed by atoms with van der Waals surface area (Å²) in [5.41, 5.74) is 4.56. The SMILES string of the molecule is CCN(CCCC[C@H](NC(=O)OCC1c2ccccc2-c2ccccc21)C(=O)O)C(C)C. The van der Waals surface area contributed by atoms with Crippen molar-refractivity contribution in [1.29, 1.82) is 0 Å². The van der Waals surface area contributed by atoms with Crippen LogP contribution in [-0.4, -0.2) is 53.8 Å². The number of unbranched alkanes of at least 4 members (excludes halogenated alkanes) is 1. The number of hydrogen-bond donors (Lipinski definition) is 2. The predicted molar refractivity (Wildman–Crippen MR) is 126 cm³/mol. The van der Waals surface area contributed by atoms with E-state index >= 15 is 0 Å². The third-order valence-corrected chi connectivity index (χ3v) is 6.26. The number of amides is 1. The van der Waals surface area contributed by atoms with E-state index in [0.29, 0.717) is 12.5 Å². The third kappa shape index (κ3) is 5.68. The second-order valence-electron chi connectivity index (χ2n) is 8.58. The van der Waals surface area contributed by atoms with E-state index in [1.807, 2.05) is 24.3 Å². The van der Waals surface area contributed by atoms with E-state index in [0.717, 1.165) is 48.2 Å². The Morgan fingerprint density at radius 2 is 1.62 bits per heavy atom. The van der Waals surface area contributed by atoms with E-state index in [2.05, 4.69) is 55.3 Å². The van der Waals surface area contributed by atoms with Crippen LogP contribution in [0.3, 0.4) is 0 Å². The van der Waals surface area contributed by atoms with Gasteiger partial charge in [-0.2, -0.15) is 0 Å². The summed E-state index contributed by atoms with van der Waals surface area (Å²) in [4.78, 5) is 26.4. The lowest BCUT2D eigenvalue weighted by atomic mass is 9.98. The molecule has 1 atom stereocenters. The number of carbonyl (C=O) groups excluding carboxylic acids is 1. The minimum Gasteiger partial charge on any atom is -0.480 e. The molecule has 3 rings (SSSR count). The quantitative estimate of drug-likeness (QED) is 0.489. The van der Waals surface area contributed by atoms with Gasteiger partial charge < -0.3 is 20.1 Å². The molecule has 2 aromatic rings. The summed E-state index contributed by atoms with van der Waals surface area (Å²) >= 11 is 0. The zero-order valence-electron chi connectivity index (χ0n) is 19.2. The summed E-state index contributed by atoms with van der Waals surface area (Å²) < 4.78 is 5.49. The van der Waals surface area contributed by atoms with Crippen molar-refractivity contribution < 1.29 is 19.4 Å². The topological polar surface area (TPSA) is 78.9 Å². The van der Waals surface area contributed by atoms with Crippen LogP contribution in [0, 0.1) is 0 Å². The average Bonchev–Trinajstić information content (AvgIpc) is 3.10. The first-order chi connectivity index (χ1) is 15.4. The number of alkyl carbamates (subject to hydrolysis) is 1. The number of benzene rings is 2. The number of hydrogen-bond acceptors (Lipinski definition) is 4. The molecule has 1 amide bonds. The Morgan fingerprint density at radius 3 is 2.16 bits per heavy atom. The number of carbonyl (C=O) groups is 2. The minimum atomic E-state index is -1.03. The number of aliphatic carboxylic acids is 1. The Labute approximate surface area is 190 Å². The highest BCUT2D eigenvalue weighted by atomic mass is 16.5. The highest BCUT2D eigenvalue weighted by Crippen LogP contribution is 2.44. The zero-order chi connectivity index (χ0) is 23.1. The lowest BCUT2D eigenvalue weighted by Gasteiger charge is -2.24. The van der Waals surface area contributed by atoms with Crippen molar-refractivity contribution in [3.05, 3.63) is 59.7 Å². The molecule has 2 N–H and O–H groups in total. The average molecular weight is 439 g/mol. The van der Waals surface area contributed by atoms with Crippen molar-refractivity contribution in [3.63, 3.8) is 0 Å². The molecule has 0 heterocycles. The molecule has 0 unspecified atom stereocenters. The Kier molecular flexibility index (Phi) is 8.28. The fourth-order valence-electron chi connectivity index (χ4n) is 4.48. The van der Waals surface area contributed by atoms with Crippen LogP contribution in [0.25, 0.3) is 11.1 Å². The van der Waals surface area contributed by atoms with Crippen LogP contribution in [0.15, 0.2) is 48.5 Å². The first kappa shape index (κ1) is 23.8. The van der Waals surface area contributed by atoms with E-state index in [4.69, 9.17) is 4.74 Å². The van der Waals surface area contributed by atoms with Crippen molar-refractivity contribution in [2.45, 2.75) is 58.0 Å². The van der Waals surface area contributed by atoms with E-state index in [1.54, 1.807) is 0 Å². The maximum atomic E-state index is 12.4. The monoisotopic (exact) mass is 438 g/mol. The molecule has 1 aliphatic carbocycles. The van der Waals surface area contributed by atoms with Gasteiger partial charge in [0, 0.05) is 12.0 Å². The molecular formula is C26H34N2O4. The molecule has 0 spiro atoms. The molecule has 0 bridgehead atoms. The largest absolute Gasteiger partial charge is 0.480 e. The van der Waals surface area contributed by atoms with Crippen molar-refractivity contribution >= 4 is 12.1 Å². The number of carboxylic acid groups (broad SMARTS) is 1. The van der Waals surface area contributed by atoms with Gasteiger partial charge in [0.15, 0.2) is 0 Å². The van der Waals surface area contributed by atoms with Gasteiger partial charge in [0.2, 0.25) is 0 Å². The van der Waals surface area contributed by atoms with Gasteiger partial charge >= 0.3 is 12.1 Å². The Hall–Kier alpha value is -2.86. The summed E-state index contributed by atoms with van der Waals surface area (Å²) in [7, 11) is 0. The van der Waals surface area contributed by atoms with Gasteiger partial charge in [-0.1, -0.05) is 55.5 Å². The summed E-state index contributed by atoms with van der Waals surface area (Å²) in [5.74, 6) is -1.08. The number of nitrogens with zero attached hydrogens (tertiary/aromatic N) is 1. The highest BCUT2D eigenvalue weighted by Gasteiger charge is 2.29. The Morgan fingerprint density at radius 1 is 1.03 bits per heavy atom. The molecule has 0 aromatic heterocycles. The minimum absolute atomic E-state index is 0.0486. The van der Waals surface area contributed by atoms with E-state index in [9.17, 15) is 14.7 Å². The maximum absolute atomic E-state index is 12.4. The molecule has 0 aliphatic heterocycles. The van der Waals surface area contributed by atoms with Gasteiger partial charge in [0.1, 0.15) is 12.6 Å². The van der Waals surface area contributed by atoms with Gasteiger partial charge in [-0.05, 0) is 68.5 Å². The molecule has 32 heavy (non-hydrogen) atoms. The van der Waals surface area contributed by atoms with Gasteiger partial charge in [-0.25, -0.2) is 9.59 Å². The molecular weight excluding hydrogens is 404 g/mol. The molecule has 6 heteroatoms. The van der Waals surface area contributed by atoms with E-state index < -0.39 is 18.1 Å². The smallest absolute Gasteiger partial charge is 0.407 e. The predicted octanol–water partition coefficient (Wildman–Crippen LogP) is 4.88. The van der Waals surface area contributed by atoms with Crippen LogP contribution < -0.4 is 5.32 Å². The summed E-state index contributed by atoms with van der Waals surface area (Å²) in [6, 6.07) is 15.8. The van der Waals surface area contributed by atoms with Gasteiger partial charge in [0.05, 0.1) is 0 Å². The van der Waals surface area contributed by atoms with E-state index in [1.165, 1.54) is 0 Å². The highest BCUT2D eigenvalue weighted by molar-refractivity contribution is 5.81. The molecule has 6 nitrogen and oxygen atoms in total. The second kappa shape index (κ2) is 11.1. The molecule has 172 valence electrons. The van der Waals surface area contributed by atoms with Crippen molar-refractivity contribution in [2.75, 3.05) is 19.7 Å². The van der Waals surface area contributed by atoms with Gasteiger partial charge in [0.25, 0.3) is 0 Å². The first-order valence-corrected chi connectivity index (χ1v) is 11.5. The first-order valence-electron chi connectivity index (χ1n) is 11.5. The number of carboxylic acids is 1. The Balaban J connectivity index is 1.52. The molecule has 1 aliphatic rings. The standard InChI is InChI=1S/C26H34N2O4/c1-4-28(18(2)3)16-10-9-15-24(25(29)30)27-26(31)32-17-23-21-13-7-5-11-19(21)20-12-6-8-14-22(20)23/h5-8,11-14,18,23-24H,4,9-10,15-17H2,1-3H3,(H,27,31)(H,29,30)/t24-/m0/s1. The maximum Gasteiger partial charge on any atom is 0.407 e. The number of ether oxygens (including phenoxy) is 1. The number of nitrogens with one attached hydrogen (secondary N) is 1. The zero-order valence-corrected chi connectivity index (χ0v) is 19.2. The summed E-state index contributed by atoms with van der Waals surface area (Å²) in [5, 5.41) is 12.1. The van der Waals surface area contributed by atoms with Crippen LogP contribution in [0.5, 0.6) is 0 Å².